The van der Waals surface area contributed by atoms with E-state index in [1.165, 1.54) is 13.0 Å². The number of carbonyl (C=O) groups excluding carboxylic acids is 2. The highest BCUT2D eigenvalue weighted by atomic mass is 16.4. The number of nitrogens with zero attached hydrogens (tertiary/aromatic N) is 1. The van der Waals surface area contributed by atoms with Crippen LogP contribution >= 0.6 is 0 Å². The fourth-order valence-corrected chi connectivity index (χ4v) is 3.91. The molecule has 1 fully saturated rings. The third-order valence-corrected chi connectivity index (χ3v) is 5.30. The lowest BCUT2D eigenvalue weighted by Gasteiger charge is -2.25. The molecule has 2 heterocycles. The van der Waals surface area contributed by atoms with Gasteiger partial charge in [0.1, 0.15) is 16.9 Å². The quantitative estimate of drug-likeness (QED) is 0.317. The smallest absolute Gasteiger partial charge is 0.347 e. The predicted octanol–water partition coefficient (Wildman–Crippen LogP) is 3.07. The first-order chi connectivity index (χ1) is 13.5. The summed E-state index contributed by atoms with van der Waals surface area (Å²) in [5.74, 6) is -0.818. The lowest BCUT2D eigenvalue weighted by atomic mass is 10.0. The summed E-state index contributed by atoms with van der Waals surface area (Å²) in [6.45, 7) is 2.34. The van der Waals surface area contributed by atoms with Crippen LogP contribution < -0.4 is 10.5 Å². The largest absolute Gasteiger partial charge is 0.422 e. The molecule has 1 atom stereocenters. The highest BCUT2D eigenvalue weighted by Crippen LogP contribution is 2.30. The number of rotatable bonds is 5. The number of ketones is 2. The highest BCUT2D eigenvalue weighted by molar-refractivity contribution is 6.08. The van der Waals surface area contributed by atoms with Crippen molar-refractivity contribution < 1.29 is 19.1 Å². The maximum Gasteiger partial charge on any atom is 0.347 e. The van der Waals surface area contributed by atoms with E-state index in [4.69, 9.17) is 4.42 Å². The Morgan fingerprint density at radius 1 is 1.14 bits per heavy atom. The van der Waals surface area contributed by atoms with Crippen molar-refractivity contribution in [2.75, 3.05) is 18.1 Å². The minimum atomic E-state index is -0.728. The summed E-state index contributed by atoms with van der Waals surface area (Å²) in [6, 6.07) is 11.3. The van der Waals surface area contributed by atoms with E-state index in [0.29, 0.717) is 11.0 Å². The van der Waals surface area contributed by atoms with Gasteiger partial charge in [0.05, 0.1) is 19.1 Å². The fraction of sp³-hybridized carbons (Fsp3) is 0.318. The van der Waals surface area contributed by atoms with Gasteiger partial charge in [0.15, 0.2) is 5.78 Å². The van der Waals surface area contributed by atoms with Crippen molar-refractivity contribution in [2.45, 2.75) is 32.2 Å². The zero-order valence-electron chi connectivity index (χ0n) is 15.6. The summed E-state index contributed by atoms with van der Waals surface area (Å²) in [7, 11) is 0. The molecule has 0 radical (unpaired) electrons. The molecule has 0 aliphatic carbocycles. The topological polar surface area (TPSA) is 87.8 Å². The Labute approximate surface area is 161 Å². The molecular formula is C22H21NO5. The van der Waals surface area contributed by atoms with Crippen molar-refractivity contribution >= 4 is 39.0 Å². The third-order valence-electron chi connectivity index (χ3n) is 5.30. The first-order valence-corrected chi connectivity index (χ1v) is 9.38. The van der Waals surface area contributed by atoms with E-state index in [1.54, 1.807) is 6.07 Å². The maximum absolute atomic E-state index is 12.2. The standard InChI is InChI=1S/C22H21NO5/c1-13(25)7-20(26)19-10-16-8-14-4-5-17(23-6-2-3-18(23)12-24)9-15(14)11-21(16)28-22(19)27/h4-5,8-11,18,24H,2-3,6-7,12H2,1H3. The molecule has 28 heavy (non-hydrogen) atoms. The van der Waals surface area contributed by atoms with E-state index in [0.717, 1.165) is 35.8 Å². The Morgan fingerprint density at radius 2 is 1.96 bits per heavy atom. The molecule has 1 N–H and O–H groups in total. The number of carbonyl (C=O) groups is 2. The van der Waals surface area contributed by atoms with Crippen LogP contribution in [0.5, 0.6) is 0 Å². The van der Waals surface area contributed by atoms with Crippen molar-refractivity contribution in [3.05, 3.63) is 52.4 Å². The van der Waals surface area contributed by atoms with Gasteiger partial charge in [-0.25, -0.2) is 4.79 Å². The second-order valence-corrected chi connectivity index (χ2v) is 7.34. The van der Waals surface area contributed by atoms with E-state index < -0.39 is 11.4 Å². The molecule has 1 saturated heterocycles. The van der Waals surface area contributed by atoms with Crippen molar-refractivity contribution in [2.24, 2.45) is 0 Å². The van der Waals surface area contributed by atoms with Crippen molar-refractivity contribution in [3.8, 4) is 0 Å². The Morgan fingerprint density at radius 3 is 2.71 bits per heavy atom. The number of benzene rings is 2. The monoisotopic (exact) mass is 379 g/mol. The van der Waals surface area contributed by atoms with Crippen molar-refractivity contribution in [1.29, 1.82) is 0 Å². The summed E-state index contributed by atoms with van der Waals surface area (Å²) in [4.78, 5) is 37.7. The molecule has 3 aromatic rings. The van der Waals surface area contributed by atoms with Crippen LogP contribution in [-0.4, -0.2) is 35.9 Å². The number of aliphatic hydroxyl groups is 1. The van der Waals surface area contributed by atoms with Gasteiger partial charge in [0.25, 0.3) is 0 Å². The number of anilines is 1. The normalized spacial score (nSPS) is 16.8. The van der Waals surface area contributed by atoms with Gasteiger partial charge >= 0.3 is 5.63 Å². The molecular weight excluding hydrogens is 358 g/mol. The third kappa shape index (κ3) is 3.31. The molecule has 1 unspecified atom stereocenters. The van der Waals surface area contributed by atoms with E-state index in [2.05, 4.69) is 4.90 Å². The van der Waals surface area contributed by atoms with Gasteiger partial charge in [-0.05, 0) is 60.9 Å². The average Bonchev–Trinajstić information content (AvgIpc) is 3.13. The molecule has 6 nitrogen and oxygen atoms in total. The number of hydrogen-bond acceptors (Lipinski definition) is 6. The van der Waals surface area contributed by atoms with Crippen LogP contribution in [-0.2, 0) is 4.79 Å². The first-order valence-electron chi connectivity index (χ1n) is 9.38. The molecule has 1 aliphatic heterocycles. The maximum atomic E-state index is 12.2. The molecule has 1 aromatic heterocycles. The molecule has 0 bridgehead atoms. The number of aliphatic hydroxyl groups excluding tert-OH is 1. The van der Waals surface area contributed by atoms with Gasteiger partial charge in [0.2, 0.25) is 0 Å². The minimum absolute atomic E-state index is 0.0958. The lowest BCUT2D eigenvalue weighted by Crippen LogP contribution is -2.31. The summed E-state index contributed by atoms with van der Waals surface area (Å²) >= 11 is 0. The Hall–Kier alpha value is -2.99. The van der Waals surface area contributed by atoms with Gasteiger partial charge < -0.3 is 14.4 Å². The summed E-state index contributed by atoms with van der Waals surface area (Å²) in [5.41, 5.74) is 0.601. The van der Waals surface area contributed by atoms with Crippen LogP contribution in [0.15, 0.2) is 45.6 Å². The number of hydrogen-bond donors (Lipinski definition) is 1. The van der Waals surface area contributed by atoms with Gasteiger partial charge in [-0.2, -0.15) is 0 Å². The van der Waals surface area contributed by atoms with E-state index in [9.17, 15) is 19.5 Å². The van der Waals surface area contributed by atoms with Crippen molar-refractivity contribution in [3.63, 3.8) is 0 Å². The fourth-order valence-electron chi connectivity index (χ4n) is 3.91. The SMILES string of the molecule is CC(=O)CC(=O)c1cc2cc3ccc(N4CCCC4CO)cc3cc2oc1=O. The molecule has 2 aromatic carbocycles. The van der Waals surface area contributed by atoms with Gasteiger partial charge in [-0.3, -0.25) is 9.59 Å². The van der Waals surface area contributed by atoms with Gasteiger partial charge in [-0.15, -0.1) is 0 Å². The first kappa shape index (κ1) is 18.4. The van der Waals surface area contributed by atoms with E-state index >= 15 is 0 Å². The Balaban J connectivity index is 1.78. The number of Topliss-reactive ketones (excluding diaryl/α,β-unsaturated/α-hetero) is 2. The van der Waals surface area contributed by atoms with Gasteiger partial charge in [-0.1, -0.05) is 6.07 Å². The molecule has 0 spiro atoms. The highest BCUT2D eigenvalue weighted by Gasteiger charge is 2.24. The molecule has 4 rings (SSSR count). The molecule has 144 valence electrons. The van der Waals surface area contributed by atoms with Crippen LogP contribution in [0.1, 0.15) is 36.5 Å². The Bertz CT molecular complexity index is 1150. The zero-order valence-corrected chi connectivity index (χ0v) is 15.6. The summed E-state index contributed by atoms with van der Waals surface area (Å²) in [5, 5.41) is 12.1. The predicted molar refractivity (Wildman–Crippen MR) is 107 cm³/mol. The minimum Gasteiger partial charge on any atom is -0.422 e. The molecule has 0 amide bonds. The van der Waals surface area contributed by atoms with Crippen LogP contribution in [0, 0.1) is 0 Å². The Kier molecular flexibility index (Phi) is 4.73. The van der Waals surface area contributed by atoms with Crippen LogP contribution in [0.25, 0.3) is 21.7 Å². The van der Waals surface area contributed by atoms with Crippen LogP contribution in [0.4, 0.5) is 5.69 Å². The summed E-state index contributed by atoms with van der Waals surface area (Å²) < 4.78 is 5.37. The van der Waals surface area contributed by atoms with E-state index in [-0.39, 0.29) is 30.4 Å². The lowest BCUT2D eigenvalue weighted by molar-refractivity contribution is -0.116. The molecule has 0 saturated carbocycles. The average molecular weight is 379 g/mol. The number of fused-ring (bicyclic) bond motifs is 2. The van der Waals surface area contributed by atoms with Crippen LogP contribution in [0.2, 0.25) is 0 Å². The van der Waals surface area contributed by atoms with Gasteiger partial charge in [0, 0.05) is 17.6 Å². The second kappa shape index (κ2) is 7.20. The van der Waals surface area contributed by atoms with E-state index in [1.807, 2.05) is 24.3 Å². The van der Waals surface area contributed by atoms with Crippen LogP contribution in [0.3, 0.4) is 0 Å². The van der Waals surface area contributed by atoms with Crippen molar-refractivity contribution in [1.82, 2.24) is 0 Å². The second-order valence-electron chi connectivity index (χ2n) is 7.34. The molecule has 1 aliphatic rings. The molecule has 6 heteroatoms. The zero-order chi connectivity index (χ0) is 19.8. The summed E-state index contributed by atoms with van der Waals surface area (Å²) in [6.07, 6.45) is 1.71.